The molecule has 1 fully saturated rings. The molecular formula is C12H26N2O. The van der Waals surface area contributed by atoms with Crippen molar-refractivity contribution in [3.63, 3.8) is 0 Å². The van der Waals surface area contributed by atoms with Crippen molar-refractivity contribution in [2.24, 2.45) is 11.1 Å². The van der Waals surface area contributed by atoms with Gasteiger partial charge in [0.05, 0.1) is 0 Å². The summed E-state index contributed by atoms with van der Waals surface area (Å²) in [4.78, 5) is 2.56. The minimum absolute atomic E-state index is 0.224. The minimum Gasteiger partial charge on any atom is -0.396 e. The Labute approximate surface area is 93.6 Å². The topological polar surface area (TPSA) is 49.5 Å². The number of nitrogens with two attached hydrogens (primary N) is 1. The number of aliphatic hydroxyl groups excluding tert-OH is 1. The van der Waals surface area contributed by atoms with Crippen molar-refractivity contribution in [3.8, 4) is 0 Å². The molecule has 0 spiro atoms. The van der Waals surface area contributed by atoms with Crippen molar-refractivity contribution < 1.29 is 5.11 Å². The van der Waals surface area contributed by atoms with E-state index in [4.69, 9.17) is 10.8 Å². The van der Waals surface area contributed by atoms with Gasteiger partial charge in [0.1, 0.15) is 0 Å². The van der Waals surface area contributed by atoms with Gasteiger partial charge in [-0.1, -0.05) is 13.8 Å². The van der Waals surface area contributed by atoms with E-state index in [1.807, 2.05) is 0 Å². The van der Waals surface area contributed by atoms with Gasteiger partial charge in [-0.05, 0) is 44.2 Å². The molecule has 0 radical (unpaired) electrons. The predicted octanol–water partition coefficient (Wildman–Crippen LogP) is 1.21. The average molecular weight is 214 g/mol. The lowest BCUT2D eigenvalue weighted by Crippen LogP contribution is -2.41. The molecule has 0 aromatic rings. The van der Waals surface area contributed by atoms with E-state index in [0.29, 0.717) is 12.6 Å². The molecule has 1 saturated heterocycles. The maximum absolute atomic E-state index is 8.85. The quantitative estimate of drug-likeness (QED) is 0.698. The summed E-state index contributed by atoms with van der Waals surface area (Å²) in [6.45, 7) is 7.84. The van der Waals surface area contributed by atoms with Gasteiger partial charge in [-0.2, -0.15) is 0 Å². The molecule has 3 heteroatoms. The second kappa shape index (κ2) is 5.83. The van der Waals surface area contributed by atoms with Gasteiger partial charge < -0.3 is 10.8 Å². The zero-order chi connectivity index (χ0) is 11.3. The van der Waals surface area contributed by atoms with Crippen LogP contribution in [0.2, 0.25) is 0 Å². The number of nitrogens with zero attached hydrogens (tertiary/aromatic N) is 1. The Morgan fingerprint density at radius 3 is 2.80 bits per heavy atom. The molecule has 1 rings (SSSR count). The first-order chi connectivity index (χ1) is 7.09. The van der Waals surface area contributed by atoms with Crippen LogP contribution in [0, 0.1) is 5.41 Å². The van der Waals surface area contributed by atoms with Crippen molar-refractivity contribution in [1.82, 2.24) is 4.90 Å². The van der Waals surface area contributed by atoms with Crippen molar-refractivity contribution >= 4 is 0 Å². The number of rotatable bonds is 6. The van der Waals surface area contributed by atoms with Crippen LogP contribution in [-0.4, -0.2) is 42.3 Å². The Kier molecular flexibility index (Phi) is 5.03. The molecular weight excluding hydrogens is 188 g/mol. The molecule has 1 heterocycles. The zero-order valence-electron chi connectivity index (χ0n) is 10.2. The Hall–Kier alpha value is -0.120. The van der Waals surface area contributed by atoms with Crippen molar-refractivity contribution in [2.45, 2.75) is 45.6 Å². The highest BCUT2D eigenvalue weighted by Crippen LogP contribution is 2.25. The van der Waals surface area contributed by atoms with Crippen LogP contribution in [-0.2, 0) is 0 Å². The molecule has 15 heavy (non-hydrogen) atoms. The van der Waals surface area contributed by atoms with E-state index in [1.165, 1.54) is 19.4 Å². The van der Waals surface area contributed by atoms with Gasteiger partial charge in [0.25, 0.3) is 0 Å². The number of aliphatic hydroxyl groups is 1. The summed E-state index contributed by atoms with van der Waals surface area (Å²) in [5.41, 5.74) is 5.99. The van der Waals surface area contributed by atoms with Crippen LogP contribution >= 0.6 is 0 Å². The summed E-state index contributed by atoms with van der Waals surface area (Å²) in [7, 11) is 0. The van der Waals surface area contributed by atoms with Crippen LogP contribution in [0.4, 0.5) is 0 Å². The molecule has 0 bridgehead atoms. The first-order valence-corrected chi connectivity index (χ1v) is 6.14. The first-order valence-electron chi connectivity index (χ1n) is 6.14. The molecule has 0 aliphatic carbocycles. The van der Waals surface area contributed by atoms with Crippen LogP contribution in [0.5, 0.6) is 0 Å². The van der Waals surface area contributed by atoms with Gasteiger partial charge in [-0.15, -0.1) is 0 Å². The van der Waals surface area contributed by atoms with Gasteiger partial charge in [-0.25, -0.2) is 0 Å². The van der Waals surface area contributed by atoms with Crippen LogP contribution in [0.15, 0.2) is 0 Å². The summed E-state index contributed by atoms with van der Waals surface area (Å²) in [5, 5.41) is 8.85. The van der Waals surface area contributed by atoms with E-state index in [2.05, 4.69) is 18.7 Å². The van der Waals surface area contributed by atoms with Crippen LogP contribution < -0.4 is 5.73 Å². The molecule has 0 aromatic heterocycles. The van der Waals surface area contributed by atoms with Crippen molar-refractivity contribution in [2.75, 3.05) is 26.2 Å². The Balaban J connectivity index is 2.39. The van der Waals surface area contributed by atoms with E-state index < -0.39 is 0 Å². The summed E-state index contributed by atoms with van der Waals surface area (Å²) in [6, 6.07) is 0.683. The minimum atomic E-state index is 0.224. The molecule has 0 amide bonds. The van der Waals surface area contributed by atoms with Crippen LogP contribution in [0.3, 0.4) is 0 Å². The Morgan fingerprint density at radius 2 is 2.20 bits per heavy atom. The van der Waals surface area contributed by atoms with Gasteiger partial charge >= 0.3 is 0 Å². The molecule has 0 saturated carbocycles. The summed E-state index contributed by atoms with van der Waals surface area (Å²) >= 11 is 0. The smallest absolute Gasteiger partial charge is 0.0431 e. The number of hydrogen-bond donors (Lipinski definition) is 2. The largest absolute Gasteiger partial charge is 0.396 e. The Morgan fingerprint density at radius 1 is 1.47 bits per heavy atom. The zero-order valence-corrected chi connectivity index (χ0v) is 10.2. The van der Waals surface area contributed by atoms with E-state index in [-0.39, 0.29) is 5.41 Å². The maximum atomic E-state index is 8.85. The molecule has 3 nitrogen and oxygen atoms in total. The molecule has 90 valence electrons. The summed E-state index contributed by atoms with van der Waals surface area (Å²) in [5.74, 6) is 0. The van der Waals surface area contributed by atoms with Crippen molar-refractivity contribution in [1.29, 1.82) is 0 Å². The van der Waals surface area contributed by atoms with Gasteiger partial charge in [0.15, 0.2) is 0 Å². The maximum Gasteiger partial charge on any atom is 0.0431 e. The van der Waals surface area contributed by atoms with E-state index in [9.17, 15) is 0 Å². The highest BCUT2D eigenvalue weighted by molar-refractivity contribution is 4.84. The fraction of sp³-hybridized carbons (Fsp3) is 1.00. The third kappa shape index (κ3) is 4.09. The summed E-state index contributed by atoms with van der Waals surface area (Å²) < 4.78 is 0. The third-order valence-electron chi connectivity index (χ3n) is 3.38. The third-order valence-corrected chi connectivity index (χ3v) is 3.38. The van der Waals surface area contributed by atoms with Gasteiger partial charge in [0, 0.05) is 19.2 Å². The lowest BCUT2D eigenvalue weighted by atomic mass is 9.92. The average Bonchev–Trinajstić information content (AvgIpc) is 2.62. The number of hydrogen-bond acceptors (Lipinski definition) is 3. The highest BCUT2D eigenvalue weighted by atomic mass is 16.2. The molecule has 1 aliphatic rings. The predicted molar refractivity (Wildman–Crippen MR) is 63.8 cm³/mol. The SMILES string of the molecule is CC(C)(CN)CN1CCCC1CCCO. The van der Waals surface area contributed by atoms with E-state index >= 15 is 0 Å². The fourth-order valence-corrected chi connectivity index (χ4v) is 2.37. The van der Waals surface area contributed by atoms with Gasteiger partial charge in [-0.3, -0.25) is 4.90 Å². The monoisotopic (exact) mass is 214 g/mol. The lowest BCUT2D eigenvalue weighted by molar-refractivity contribution is 0.156. The Bertz CT molecular complexity index is 182. The normalized spacial score (nSPS) is 23.6. The second-order valence-electron chi connectivity index (χ2n) is 5.50. The van der Waals surface area contributed by atoms with E-state index in [0.717, 1.165) is 25.9 Å². The molecule has 3 N–H and O–H groups in total. The highest BCUT2D eigenvalue weighted by Gasteiger charge is 2.28. The standard InChI is InChI=1S/C12H26N2O/c1-12(2,9-13)10-14-7-3-5-11(14)6-4-8-15/h11,15H,3-10,13H2,1-2H3. The number of likely N-dealkylation sites (tertiary alicyclic amines) is 1. The molecule has 1 unspecified atom stereocenters. The second-order valence-corrected chi connectivity index (χ2v) is 5.50. The van der Waals surface area contributed by atoms with Crippen LogP contribution in [0.1, 0.15) is 39.5 Å². The van der Waals surface area contributed by atoms with Crippen molar-refractivity contribution in [3.05, 3.63) is 0 Å². The molecule has 1 atom stereocenters. The van der Waals surface area contributed by atoms with Crippen LogP contribution in [0.25, 0.3) is 0 Å². The molecule has 0 aromatic carbocycles. The van der Waals surface area contributed by atoms with Gasteiger partial charge in [0.2, 0.25) is 0 Å². The fourth-order valence-electron chi connectivity index (χ4n) is 2.37. The summed E-state index contributed by atoms with van der Waals surface area (Å²) in [6.07, 6.45) is 4.67. The lowest BCUT2D eigenvalue weighted by Gasteiger charge is -2.33. The van der Waals surface area contributed by atoms with E-state index in [1.54, 1.807) is 0 Å². The first kappa shape index (κ1) is 12.9. The molecule has 1 aliphatic heterocycles.